The Bertz CT molecular complexity index is 475. The topological polar surface area (TPSA) is 60.4 Å². The van der Waals surface area contributed by atoms with Gasteiger partial charge in [0.05, 0.1) is 0 Å². The Labute approximate surface area is 95.5 Å². The van der Waals surface area contributed by atoms with Crippen LogP contribution in [0.2, 0.25) is 0 Å². The average molecular weight is 267 g/mol. The van der Waals surface area contributed by atoms with E-state index in [9.17, 15) is 13.2 Å². The molecule has 1 aromatic rings. The summed E-state index contributed by atoms with van der Waals surface area (Å²) >= 11 is 0.963. The van der Waals surface area contributed by atoms with Gasteiger partial charge in [-0.2, -0.15) is 0 Å². The van der Waals surface area contributed by atoms with Crippen LogP contribution in [0.1, 0.15) is 9.67 Å². The minimum absolute atomic E-state index is 0.0214. The predicted molar refractivity (Wildman–Crippen MR) is 57.8 cm³/mol. The van der Waals surface area contributed by atoms with Crippen LogP contribution in [0.3, 0.4) is 0 Å². The fraction of sp³-hybridized carbons (Fsp3) is 0.125. The van der Waals surface area contributed by atoms with Crippen molar-refractivity contribution < 1.29 is 17.9 Å². The third kappa shape index (κ3) is 3.05. The van der Waals surface area contributed by atoms with Crippen LogP contribution in [0, 0.1) is 0 Å². The highest BCUT2D eigenvalue weighted by atomic mass is 35.7. The maximum absolute atomic E-state index is 11.3. The van der Waals surface area contributed by atoms with Crippen LogP contribution in [0.25, 0.3) is 0 Å². The number of halogens is 1. The number of rotatable bonds is 4. The number of thiophene rings is 1. The van der Waals surface area contributed by atoms with Crippen molar-refractivity contribution in [3.8, 4) is 0 Å². The summed E-state index contributed by atoms with van der Waals surface area (Å²) in [5.74, 6) is -0.718. The van der Waals surface area contributed by atoms with Gasteiger partial charge in [-0.15, -0.1) is 11.3 Å². The Morgan fingerprint density at radius 2 is 2.33 bits per heavy atom. The zero-order chi connectivity index (χ0) is 11.5. The van der Waals surface area contributed by atoms with Crippen LogP contribution in [0.5, 0.6) is 0 Å². The molecule has 0 spiro atoms. The van der Waals surface area contributed by atoms with Crippen molar-refractivity contribution in [1.82, 2.24) is 0 Å². The average Bonchev–Trinajstić information content (AvgIpc) is 2.61. The van der Waals surface area contributed by atoms with E-state index >= 15 is 0 Å². The second kappa shape index (κ2) is 4.78. The van der Waals surface area contributed by atoms with Gasteiger partial charge in [-0.05, 0) is 11.4 Å². The van der Waals surface area contributed by atoms with E-state index in [1.165, 1.54) is 17.5 Å². The highest BCUT2D eigenvalue weighted by Crippen LogP contribution is 2.25. The molecule has 1 aromatic heterocycles. The Kier molecular flexibility index (Phi) is 3.90. The van der Waals surface area contributed by atoms with Gasteiger partial charge in [0, 0.05) is 10.7 Å². The highest BCUT2D eigenvalue weighted by molar-refractivity contribution is 8.13. The van der Waals surface area contributed by atoms with Gasteiger partial charge in [-0.25, -0.2) is 13.2 Å². The standard InChI is InChI=1S/C8H7ClO4S2/c1-2-4-13-8(10)7-6(3-5-14-7)15(9,11)12/h2-3,5H,1,4H2. The molecular weight excluding hydrogens is 260 g/mol. The minimum atomic E-state index is -3.90. The maximum atomic E-state index is 11.3. The predicted octanol–water partition coefficient (Wildman–Crippen LogP) is 2.02. The van der Waals surface area contributed by atoms with Crippen LogP contribution in [-0.4, -0.2) is 21.0 Å². The number of esters is 1. The van der Waals surface area contributed by atoms with Crippen molar-refractivity contribution in [2.75, 3.05) is 6.61 Å². The van der Waals surface area contributed by atoms with Crippen molar-refractivity contribution in [1.29, 1.82) is 0 Å². The number of ether oxygens (including phenoxy) is 1. The third-order valence-electron chi connectivity index (χ3n) is 1.41. The summed E-state index contributed by atoms with van der Waals surface area (Å²) in [4.78, 5) is 11.1. The van der Waals surface area contributed by atoms with E-state index in [0.717, 1.165) is 11.3 Å². The van der Waals surface area contributed by atoms with E-state index in [1.807, 2.05) is 0 Å². The molecular formula is C8H7ClO4S2. The fourth-order valence-electron chi connectivity index (χ4n) is 0.838. The molecule has 0 aliphatic carbocycles. The highest BCUT2D eigenvalue weighted by Gasteiger charge is 2.22. The smallest absolute Gasteiger partial charge is 0.350 e. The quantitative estimate of drug-likeness (QED) is 0.475. The molecule has 0 amide bonds. The van der Waals surface area contributed by atoms with E-state index in [0.29, 0.717) is 0 Å². The summed E-state index contributed by atoms with van der Waals surface area (Å²) in [6.07, 6.45) is 1.39. The Hall–Kier alpha value is -0.850. The van der Waals surface area contributed by atoms with E-state index in [1.54, 1.807) is 0 Å². The first kappa shape index (κ1) is 12.2. The molecule has 82 valence electrons. The molecule has 0 saturated carbocycles. The number of hydrogen-bond acceptors (Lipinski definition) is 5. The SMILES string of the molecule is C=CCOC(=O)c1sccc1S(=O)(=O)Cl. The van der Waals surface area contributed by atoms with Crippen LogP contribution >= 0.6 is 22.0 Å². The summed E-state index contributed by atoms with van der Waals surface area (Å²) in [5, 5.41) is 1.46. The fourth-order valence-corrected chi connectivity index (χ4v) is 3.14. The lowest BCUT2D eigenvalue weighted by atomic mass is 10.5. The molecule has 15 heavy (non-hydrogen) atoms. The summed E-state index contributed by atoms with van der Waals surface area (Å²) in [5.41, 5.74) is 0. The number of carbonyl (C=O) groups is 1. The molecule has 0 fully saturated rings. The maximum Gasteiger partial charge on any atom is 0.350 e. The zero-order valence-electron chi connectivity index (χ0n) is 7.47. The van der Waals surface area contributed by atoms with Gasteiger partial charge < -0.3 is 4.74 Å². The lowest BCUT2D eigenvalue weighted by Gasteiger charge is -2.00. The molecule has 0 aliphatic heterocycles. The third-order valence-corrected chi connectivity index (χ3v) is 3.80. The van der Waals surface area contributed by atoms with Crippen LogP contribution in [0.15, 0.2) is 29.0 Å². The van der Waals surface area contributed by atoms with Gasteiger partial charge in [-0.3, -0.25) is 0 Å². The van der Waals surface area contributed by atoms with Crippen molar-refractivity contribution in [2.45, 2.75) is 4.90 Å². The molecule has 0 aromatic carbocycles. The minimum Gasteiger partial charge on any atom is -0.457 e. The van der Waals surface area contributed by atoms with E-state index in [2.05, 4.69) is 6.58 Å². The monoisotopic (exact) mass is 266 g/mol. The zero-order valence-corrected chi connectivity index (χ0v) is 9.86. The largest absolute Gasteiger partial charge is 0.457 e. The van der Waals surface area contributed by atoms with E-state index < -0.39 is 15.0 Å². The normalized spacial score (nSPS) is 11.0. The first-order chi connectivity index (χ1) is 6.96. The molecule has 1 rings (SSSR count). The summed E-state index contributed by atoms with van der Waals surface area (Å²) < 4.78 is 26.8. The van der Waals surface area contributed by atoms with Crippen molar-refractivity contribution in [3.05, 3.63) is 29.0 Å². The second-order valence-corrected chi connectivity index (χ2v) is 5.89. The Balaban J connectivity index is 3.01. The molecule has 0 radical (unpaired) electrons. The van der Waals surface area contributed by atoms with E-state index in [-0.39, 0.29) is 16.4 Å². The van der Waals surface area contributed by atoms with Crippen molar-refractivity contribution in [2.24, 2.45) is 0 Å². The van der Waals surface area contributed by atoms with Crippen molar-refractivity contribution >= 4 is 37.0 Å². The van der Waals surface area contributed by atoms with Gasteiger partial charge in [0.25, 0.3) is 9.05 Å². The molecule has 1 heterocycles. The Morgan fingerprint density at radius 1 is 1.67 bits per heavy atom. The van der Waals surface area contributed by atoms with Crippen LogP contribution in [-0.2, 0) is 13.8 Å². The molecule has 0 atom stereocenters. The van der Waals surface area contributed by atoms with Crippen LogP contribution < -0.4 is 0 Å². The van der Waals surface area contributed by atoms with Crippen LogP contribution in [0.4, 0.5) is 0 Å². The summed E-state index contributed by atoms with van der Waals surface area (Å²) in [7, 11) is 1.23. The first-order valence-electron chi connectivity index (χ1n) is 3.77. The lowest BCUT2D eigenvalue weighted by Crippen LogP contribution is -2.06. The molecule has 0 unspecified atom stereocenters. The van der Waals surface area contributed by atoms with Gasteiger partial charge in [0.15, 0.2) is 0 Å². The molecule has 7 heteroatoms. The molecule has 0 saturated heterocycles. The Morgan fingerprint density at radius 3 is 2.87 bits per heavy atom. The number of carbonyl (C=O) groups excluding carboxylic acids is 1. The second-order valence-electron chi connectivity index (χ2n) is 2.44. The molecule has 0 aliphatic rings. The van der Waals surface area contributed by atoms with E-state index in [4.69, 9.17) is 15.4 Å². The number of hydrogen-bond donors (Lipinski definition) is 0. The van der Waals surface area contributed by atoms with Gasteiger partial charge in [-0.1, -0.05) is 12.7 Å². The van der Waals surface area contributed by atoms with Gasteiger partial charge >= 0.3 is 5.97 Å². The first-order valence-corrected chi connectivity index (χ1v) is 6.96. The van der Waals surface area contributed by atoms with Gasteiger partial charge in [0.2, 0.25) is 0 Å². The molecule has 4 nitrogen and oxygen atoms in total. The van der Waals surface area contributed by atoms with Gasteiger partial charge in [0.1, 0.15) is 16.4 Å². The summed E-state index contributed by atoms with van der Waals surface area (Å²) in [6, 6.07) is 1.26. The molecule has 0 bridgehead atoms. The summed E-state index contributed by atoms with van der Waals surface area (Å²) in [6.45, 7) is 3.39. The lowest BCUT2D eigenvalue weighted by molar-refractivity contribution is 0.0551. The molecule has 0 N–H and O–H groups in total. The van der Waals surface area contributed by atoms with Crippen molar-refractivity contribution in [3.63, 3.8) is 0 Å².